The monoisotopic (exact) mass is 413 g/mol. The van der Waals surface area contributed by atoms with Crippen LogP contribution in [0, 0.1) is 5.82 Å². The van der Waals surface area contributed by atoms with E-state index >= 15 is 0 Å². The first kappa shape index (κ1) is 20.6. The van der Waals surface area contributed by atoms with Gasteiger partial charge in [0.1, 0.15) is 11.6 Å². The summed E-state index contributed by atoms with van der Waals surface area (Å²) in [6.07, 6.45) is 4.10. The van der Waals surface area contributed by atoms with E-state index in [0.29, 0.717) is 12.2 Å². The Balaban J connectivity index is 1.52. The lowest BCUT2D eigenvalue weighted by molar-refractivity contribution is -0.155. The maximum absolute atomic E-state index is 12.8. The first-order valence-electron chi connectivity index (χ1n) is 9.39. The van der Waals surface area contributed by atoms with Crippen LogP contribution in [0.4, 0.5) is 4.39 Å². The minimum atomic E-state index is -3.13. The molecule has 1 amide bonds. The highest BCUT2D eigenvalue weighted by atomic mass is 32.2. The fourth-order valence-corrected chi connectivity index (χ4v) is 5.53. The molecule has 0 N–H and O–H groups in total. The average molecular weight is 413 g/mol. The molecular formula is C19H24FNO6S. The number of benzene rings is 1. The van der Waals surface area contributed by atoms with E-state index in [2.05, 4.69) is 0 Å². The fourth-order valence-electron chi connectivity index (χ4n) is 3.81. The number of hydrogen-bond donors (Lipinski definition) is 0. The highest BCUT2D eigenvalue weighted by Gasteiger charge is 2.39. The molecule has 1 aromatic carbocycles. The van der Waals surface area contributed by atoms with Crippen LogP contribution in [0.2, 0.25) is 0 Å². The molecule has 0 bridgehead atoms. The van der Waals surface area contributed by atoms with Crippen LogP contribution in [0.1, 0.15) is 32.1 Å². The van der Waals surface area contributed by atoms with E-state index < -0.39 is 34.8 Å². The fraction of sp³-hybridized carbons (Fsp3) is 0.579. The molecule has 1 heterocycles. The van der Waals surface area contributed by atoms with E-state index in [-0.39, 0.29) is 29.5 Å². The molecule has 0 unspecified atom stereocenters. The van der Waals surface area contributed by atoms with Crippen molar-refractivity contribution in [1.82, 2.24) is 4.90 Å². The quantitative estimate of drug-likeness (QED) is 0.632. The van der Waals surface area contributed by atoms with Crippen molar-refractivity contribution in [1.29, 1.82) is 0 Å². The molecule has 28 heavy (non-hydrogen) atoms. The standard InChI is InChI=1S/C19H24FNO6S/c20-14-5-7-17(8-6-14)26-12-19(23)27-11-18(22)21(15-3-1-2-4-15)16-9-10-28(24,25)13-16/h5-8,15-16H,1-4,9-13H2/t16-/m1/s1. The summed E-state index contributed by atoms with van der Waals surface area (Å²) in [7, 11) is -3.13. The molecule has 1 aromatic rings. The minimum absolute atomic E-state index is 0.0000303. The van der Waals surface area contributed by atoms with Gasteiger partial charge in [-0.1, -0.05) is 12.8 Å². The molecule has 0 aromatic heterocycles. The summed E-state index contributed by atoms with van der Waals surface area (Å²) in [6, 6.07) is 4.83. The molecule has 1 aliphatic heterocycles. The number of rotatable bonds is 7. The van der Waals surface area contributed by atoms with Crippen molar-refractivity contribution in [3.63, 3.8) is 0 Å². The van der Waals surface area contributed by atoms with Crippen molar-refractivity contribution in [3.8, 4) is 5.75 Å². The van der Waals surface area contributed by atoms with E-state index in [1.54, 1.807) is 4.90 Å². The molecule has 3 rings (SSSR count). The number of sulfone groups is 1. The smallest absolute Gasteiger partial charge is 0.344 e. The third-order valence-corrected chi connectivity index (χ3v) is 6.89. The van der Waals surface area contributed by atoms with Crippen LogP contribution in [0.25, 0.3) is 0 Å². The predicted molar refractivity (Wildman–Crippen MR) is 99.0 cm³/mol. The maximum atomic E-state index is 12.8. The summed E-state index contributed by atoms with van der Waals surface area (Å²) < 4.78 is 46.7. The molecule has 154 valence electrons. The van der Waals surface area contributed by atoms with E-state index in [1.807, 2.05) is 0 Å². The summed E-state index contributed by atoms with van der Waals surface area (Å²) in [4.78, 5) is 26.2. The van der Waals surface area contributed by atoms with Crippen LogP contribution in [0.3, 0.4) is 0 Å². The number of esters is 1. The molecule has 1 saturated carbocycles. The highest BCUT2D eigenvalue weighted by Crippen LogP contribution is 2.29. The van der Waals surface area contributed by atoms with Gasteiger partial charge in [-0.25, -0.2) is 17.6 Å². The van der Waals surface area contributed by atoms with Crippen molar-refractivity contribution in [2.75, 3.05) is 24.7 Å². The number of carbonyl (C=O) groups excluding carboxylic acids is 2. The second-order valence-corrected chi connectivity index (χ2v) is 9.43. The lowest BCUT2D eigenvalue weighted by Crippen LogP contribution is -2.48. The first-order chi connectivity index (χ1) is 13.3. The highest BCUT2D eigenvalue weighted by molar-refractivity contribution is 7.91. The molecule has 1 aliphatic carbocycles. The SMILES string of the molecule is O=C(COc1ccc(F)cc1)OCC(=O)N(C1CCCC1)[C@@H]1CCS(=O)(=O)C1. The molecule has 2 fully saturated rings. The zero-order valence-corrected chi connectivity index (χ0v) is 16.3. The summed E-state index contributed by atoms with van der Waals surface area (Å²) in [5.74, 6) is -1.14. The minimum Gasteiger partial charge on any atom is -0.482 e. The number of nitrogens with zero attached hydrogens (tertiary/aromatic N) is 1. The topological polar surface area (TPSA) is 90.0 Å². The summed E-state index contributed by atoms with van der Waals surface area (Å²) >= 11 is 0. The van der Waals surface area contributed by atoms with Gasteiger partial charge < -0.3 is 14.4 Å². The van der Waals surface area contributed by atoms with Crippen LogP contribution in [0.15, 0.2) is 24.3 Å². The Bertz CT molecular complexity index is 804. The second kappa shape index (κ2) is 8.89. The predicted octanol–water partition coefficient (Wildman–Crippen LogP) is 1.71. The van der Waals surface area contributed by atoms with Gasteiger partial charge in [0.15, 0.2) is 23.1 Å². The second-order valence-electron chi connectivity index (χ2n) is 7.20. The van der Waals surface area contributed by atoms with Gasteiger partial charge in [-0.3, -0.25) is 4.79 Å². The Morgan fingerprint density at radius 3 is 2.32 bits per heavy atom. The molecule has 2 aliphatic rings. The summed E-state index contributed by atoms with van der Waals surface area (Å²) in [6.45, 7) is -0.848. The van der Waals surface area contributed by atoms with Gasteiger partial charge in [0.05, 0.1) is 11.5 Å². The molecule has 0 radical (unpaired) electrons. The van der Waals surface area contributed by atoms with Crippen molar-refractivity contribution < 1.29 is 31.9 Å². The van der Waals surface area contributed by atoms with Crippen LogP contribution >= 0.6 is 0 Å². The Morgan fingerprint density at radius 2 is 1.71 bits per heavy atom. The summed E-state index contributed by atoms with van der Waals surface area (Å²) in [5, 5.41) is 0. The number of ether oxygens (including phenoxy) is 2. The van der Waals surface area contributed by atoms with E-state index in [1.165, 1.54) is 24.3 Å². The molecule has 9 heteroatoms. The van der Waals surface area contributed by atoms with Gasteiger partial charge in [-0.05, 0) is 43.5 Å². The van der Waals surface area contributed by atoms with Gasteiger partial charge in [0.2, 0.25) is 0 Å². The van der Waals surface area contributed by atoms with Crippen LogP contribution in [-0.4, -0.2) is 62.0 Å². The van der Waals surface area contributed by atoms with Crippen molar-refractivity contribution in [3.05, 3.63) is 30.1 Å². The van der Waals surface area contributed by atoms with E-state index in [9.17, 15) is 22.4 Å². The Morgan fingerprint density at radius 1 is 1.04 bits per heavy atom. The van der Waals surface area contributed by atoms with Gasteiger partial charge in [-0.15, -0.1) is 0 Å². The largest absolute Gasteiger partial charge is 0.482 e. The van der Waals surface area contributed by atoms with Crippen molar-refractivity contribution in [2.45, 2.75) is 44.2 Å². The van der Waals surface area contributed by atoms with Crippen LogP contribution in [0.5, 0.6) is 5.75 Å². The first-order valence-corrected chi connectivity index (χ1v) is 11.2. The average Bonchev–Trinajstić information content (AvgIpc) is 3.30. The molecule has 0 spiro atoms. The zero-order chi connectivity index (χ0) is 20.1. The van der Waals surface area contributed by atoms with Gasteiger partial charge in [0.25, 0.3) is 5.91 Å². The van der Waals surface area contributed by atoms with E-state index in [0.717, 1.165) is 25.7 Å². The molecular weight excluding hydrogens is 389 g/mol. The van der Waals surface area contributed by atoms with E-state index in [4.69, 9.17) is 9.47 Å². The molecule has 7 nitrogen and oxygen atoms in total. The van der Waals surface area contributed by atoms with Crippen LogP contribution in [-0.2, 0) is 24.2 Å². The third kappa shape index (κ3) is 5.43. The lowest BCUT2D eigenvalue weighted by atomic mass is 10.1. The Kier molecular flexibility index (Phi) is 6.53. The Labute approximate surface area is 163 Å². The molecule has 1 atom stereocenters. The van der Waals surface area contributed by atoms with Crippen molar-refractivity contribution in [2.24, 2.45) is 0 Å². The number of carbonyl (C=O) groups is 2. The normalized spacial score (nSPS) is 21.4. The Hall–Kier alpha value is -2.16. The number of halogens is 1. The summed E-state index contributed by atoms with van der Waals surface area (Å²) in [5.41, 5.74) is 0. The maximum Gasteiger partial charge on any atom is 0.344 e. The van der Waals surface area contributed by atoms with Gasteiger partial charge in [0, 0.05) is 12.1 Å². The van der Waals surface area contributed by atoms with Gasteiger partial charge >= 0.3 is 5.97 Å². The lowest BCUT2D eigenvalue weighted by Gasteiger charge is -2.33. The van der Waals surface area contributed by atoms with Crippen molar-refractivity contribution >= 4 is 21.7 Å². The third-order valence-electron chi connectivity index (χ3n) is 5.13. The molecule has 1 saturated heterocycles. The number of amides is 1. The number of hydrogen-bond acceptors (Lipinski definition) is 6. The van der Waals surface area contributed by atoms with Crippen LogP contribution < -0.4 is 4.74 Å². The zero-order valence-electron chi connectivity index (χ0n) is 15.5. The van der Waals surface area contributed by atoms with Gasteiger partial charge in [-0.2, -0.15) is 0 Å².